The molecule has 0 aliphatic carbocycles. The van der Waals surface area contributed by atoms with Crippen molar-refractivity contribution in [2.45, 2.75) is 24.5 Å². The highest BCUT2D eigenvalue weighted by molar-refractivity contribution is 5.91. The number of aromatic nitrogens is 5. The first kappa shape index (κ1) is 36.0. The number of carbonyl (C=O) groups excluding carboxylic acids is 3. The number of ether oxygens (including phenoxy) is 4. The first-order valence-electron chi connectivity index (χ1n) is 16.6. The van der Waals surface area contributed by atoms with Gasteiger partial charge in [0, 0.05) is 24.7 Å². The van der Waals surface area contributed by atoms with E-state index in [9.17, 15) is 34.1 Å². The van der Waals surface area contributed by atoms with Crippen LogP contribution in [0.4, 0.5) is 5.69 Å². The molecule has 6 aromatic rings. The lowest BCUT2D eigenvalue weighted by atomic mass is 10.1. The molecular formula is C38H28N6O11. The van der Waals surface area contributed by atoms with Crippen molar-refractivity contribution in [3.63, 3.8) is 0 Å². The van der Waals surface area contributed by atoms with Crippen LogP contribution in [0.25, 0.3) is 22.6 Å². The molecule has 0 bridgehead atoms. The molecule has 17 nitrogen and oxygen atoms in total. The summed E-state index contributed by atoms with van der Waals surface area (Å²) in [6.07, 6.45) is -6.13. The molecule has 1 saturated heterocycles. The number of benzene rings is 4. The normalized spacial score (nSPS) is 17.7. The van der Waals surface area contributed by atoms with Gasteiger partial charge in [-0.05, 0) is 48.5 Å². The minimum absolute atomic E-state index is 0.0931. The fourth-order valence-electron chi connectivity index (χ4n) is 5.87. The number of carbonyl (C=O) groups is 3. The molecular weight excluding hydrogens is 716 g/mol. The molecule has 7 rings (SSSR count). The second kappa shape index (κ2) is 15.3. The zero-order chi connectivity index (χ0) is 38.6. The third-order valence-corrected chi connectivity index (χ3v) is 8.67. The van der Waals surface area contributed by atoms with Gasteiger partial charge in [-0.15, -0.1) is 10.2 Å². The summed E-state index contributed by atoms with van der Waals surface area (Å²) in [6.45, 7) is -0.539. The van der Waals surface area contributed by atoms with Crippen molar-refractivity contribution in [2.75, 3.05) is 6.61 Å². The SMILES string of the molecule is Cn1c(=O)c2nc(-c3ccc([N+](=O)[O-])cc3)nnc2n([C@@H]2O[C@H](COC(=O)c3ccccc3)[C@@H](OC(=O)c3ccccc3)[C@H]2OC(=O)c2ccccc2)c1=O. The van der Waals surface area contributed by atoms with Gasteiger partial charge in [0.05, 0.1) is 21.6 Å². The molecule has 4 atom stereocenters. The average Bonchev–Trinajstić information content (AvgIpc) is 3.54. The van der Waals surface area contributed by atoms with Crippen LogP contribution in [0.3, 0.4) is 0 Å². The molecule has 4 aromatic carbocycles. The van der Waals surface area contributed by atoms with E-state index < -0.39 is 65.2 Å². The molecule has 0 unspecified atom stereocenters. The van der Waals surface area contributed by atoms with E-state index in [4.69, 9.17) is 18.9 Å². The van der Waals surface area contributed by atoms with Gasteiger partial charge >= 0.3 is 23.6 Å². The fraction of sp³-hybridized carbons (Fsp3) is 0.158. The molecule has 1 aliphatic rings. The molecule has 2 aromatic heterocycles. The monoisotopic (exact) mass is 744 g/mol. The Labute approximate surface area is 309 Å². The lowest BCUT2D eigenvalue weighted by Crippen LogP contribution is -2.45. The second-order valence-corrected chi connectivity index (χ2v) is 12.1. The van der Waals surface area contributed by atoms with Crippen molar-refractivity contribution in [3.05, 3.63) is 163 Å². The number of esters is 3. The van der Waals surface area contributed by atoms with Gasteiger partial charge < -0.3 is 18.9 Å². The van der Waals surface area contributed by atoms with Gasteiger partial charge in [-0.25, -0.2) is 28.7 Å². The minimum atomic E-state index is -1.66. The van der Waals surface area contributed by atoms with E-state index in [0.717, 1.165) is 9.13 Å². The van der Waals surface area contributed by atoms with Crippen LogP contribution < -0.4 is 11.2 Å². The molecule has 0 saturated carbocycles. The number of non-ortho nitro benzene ring substituents is 1. The van der Waals surface area contributed by atoms with Gasteiger partial charge in [0.15, 0.2) is 35.4 Å². The highest BCUT2D eigenvalue weighted by Gasteiger charge is 2.52. The fourth-order valence-corrected chi connectivity index (χ4v) is 5.87. The van der Waals surface area contributed by atoms with Crippen molar-refractivity contribution in [1.29, 1.82) is 0 Å². The Morgan fingerprint density at radius 3 is 1.82 bits per heavy atom. The summed E-state index contributed by atoms with van der Waals surface area (Å²) < 4.78 is 25.4. The van der Waals surface area contributed by atoms with E-state index in [0.29, 0.717) is 0 Å². The Kier molecular flexibility index (Phi) is 10.0. The predicted octanol–water partition coefficient (Wildman–Crippen LogP) is 3.67. The first-order chi connectivity index (χ1) is 26.6. The maximum Gasteiger partial charge on any atom is 0.338 e. The number of nitrogens with zero attached hydrogens (tertiary/aromatic N) is 6. The van der Waals surface area contributed by atoms with Gasteiger partial charge in [0.1, 0.15) is 12.7 Å². The van der Waals surface area contributed by atoms with Gasteiger partial charge in [0.2, 0.25) is 0 Å². The molecule has 17 heteroatoms. The zero-order valence-corrected chi connectivity index (χ0v) is 28.7. The summed E-state index contributed by atoms with van der Waals surface area (Å²) >= 11 is 0. The van der Waals surface area contributed by atoms with Crippen LogP contribution in [0.5, 0.6) is 0 Å². The molecule has 0 spiro atoms. The minimum Gasteiger partial charge on any atom is -0.459 e. The van der Waals surface area contributed by atoms with E-state index in [-0.39, 0.29) is 44.9 Å². The number of nitro benzene ring substituents is 1. The highest BCUT2D eigenvalue weighted by Crippen LogP contribution is 2.36. The number of nitro groups is 1. The number of rotatable bonds is 10. The summed E-state index contributed by atoms with van der Waals surface area (Å²) in [5, 5.41) is 19.4. The second-order valence-electron chi connectivity index (χ2n) is 12.1. The Morgan fingerprint density at radius 2 is 1.27 bits per heavy atom. The molecule has 276 valence electrons. The van der Waals surface area contributed by atoms with Crippen molar-refractivity contribution in [1.82, 2.24) is 24.3 Å². The molecule has 1 fully saturated rings. The topological polar surface area (TPSA) is 214 Å². The predicted molar refractivity (Wildman–Crippen MR) is 191 cm³/mol. The molecule has 1 aliphatic heterocycles. The van der Waals surface area contributed by atoms with E-state index in [1.165, 1.54) is 67.7 Å². The van der Waals surface area contributed by atoms with Crippen LogP contribution in [-0.4, -0.2) is 72.1 Å². The molecule has 0 N–H and O–H groups in total. The van der Waals surface area contributed by atoms with E-state index >= 15 is 0 Å². The van der Waals surface area contributed by atoms with Crippen LogP contribution in [0.15, 0.2) is 125 Å². The summed E-state index contributed by atoms with van der Waals surface area (Å²) in [5.41, 5.74) is -2.06. The maximum atomic E-state index is 14.0. The standard InChI is InChI=1S/C38H28N6O11/c1-42-33(45)28-32(41-40-31(39-28)22-17-19-26(20-18-22)44(50)51)43(38(42)49)34-30(55-37(48)25-15-9-4-10-16-25)29(54-36(47)24-13-7-3-8-14-24)27(53-34)21-52-35(46)23-11-5-2-6-12-23/h2-20,27,29-30,34H,21H2,1H3/t27-,29-,30-,34-/m1/s1. The number of hydrogen-bond acceptors (Lipinski definition) is 14. The summed E-state index contributed by atoms with van der Waals surface area (Å²) in [6, 6.07) is 29.0. The van der Waals surface area contributed by atoms with Crippen molar-refractivity contribution in [3.8, 4) is 11.4 Å². The zero-order valence-electron chi connectivity index (χ0n) is 28.7. The molecule has 3 heterocycles. The Balaban J connectivity index is 1.34. The molecule has 0 amide bonds. The lowest BCUT2D eigenvalue weighted by Gasteiger charge is -2.25. The molecule has 55 heavy (non-hydrogen) atoms. The summed E-state index contributed by atoms with van der Waals surface area (Å²) in [7, 11) is 1.18. The average molecular weight is 745 g/mol. The van der Waals surface area contributed by atoms with Crippen LogP contribution >= 0.6 is 0 Å². The summed E-state index contributed by atoms with van der Waals surface area (Å²) in [5.74, 6) is -2.56. The van der Waals surface area contributed by atoms with E-state index in [2.05, 4.69) is 15.2 Å². The Morgan fingerprint density at radius 1 is 0.745 bits per heavy atom. The third kappa shape index (κ3) is 7.31. The largest absolute Gasteiger partial charge is 0.459 e. The maximum absolute atomic E-state index is 14.0. The van der Waals surface area contributed by atoms with Gasteiger partial charge in [-0.3, -0.25) is 19.5 Å². The highest BCUT2D eigenvalue weighted by atomic mass is 16.7. The number of hydrogen-bond donors (Lipinski definition) is 0. The Bertz CT molecular complexity index is 2530. The number of fused-ring (bicyclic) bond motifs is 1. The van der Waals surface area contributed by atoms with Crippen LogP contribution in [0.2, 0.25) is 0 Å². The van der Waals surface area contributed by atoms with Gasteiger partial charge in [0.25, 0.3) is 11.2 Å². The van der Waals surface area contributed by atoms with Gasteiger partial charge in [-0.1, -0.05) is 54.6 Å². The van der Waals surface area contributed by atoms with Crippen LogP contribution in [-0.2, 0) is 26.0 Å². The first-order valence-corrected chi connectivity index (χ1v) is 16.6. The summed E-state index contributed by atoms with van der Waals surface area (Å²) in [4.78, 5) is 82.7. The third-order valence-electron chi connectivity index (χ3n) is 8.67. The lowest BCUT2D eigenvalue weighted by molar-refractivity contribution is -0.384. The smallest absolute Gasteiger partial charge is 0.338 e. The van der Waals surface area contributed by atoms with Crippen LogP contribution in [0.1, 0.15) is 37.3 Å². The van der Waals surface area contributed by atoms with Crippen LogP contribution in [0, 0.1) is 10.1 Å². The van der Waals surface area contributed by atoms with E-state index in [1.54, 1.807) is 54.6 Å². The quantitative estimate of drug-likeness (QED) is 0.0847. The van der Waals surface area contributed by atoms with Crippen molar-refractivity contribution < 1.29 is 38.3 Å². The van der Waals surface area contributed by atoms with Crippen molar-refractivity contribution >= 4 is 34.8 Å². The Hall–Kier alpha value is -7.40. The van der Waals surface area contributed by atoms with Crippen molar-refractivity contribution in [2.24, 2.45) is 7.05 Å². The molecule has 0 radical (unpaired) electrons. The van der Waals surface area contributed by atoms with E-state index in [1.807, 2.05) is 0 Å². The van der Waals surface area contributed by atoms with Gasteiger partial charge in [-0.2, -0.15) is 0 Å².